The molecule has 15 heavy (non-hydrogen) atoms. The van der Waals surface area contributed by atoms with Crippen LogP contribution >= 0.6 is 0 Å². The van der Waals surface area contributed by atoms with E-state index in [2.05, 4.69) is 5.32 Å². The van der Waals surface area contributed by atoms with E-state index < -0.39 is 0 Å². The number of hydrogen-bond donors (Lipinski definition) is 1. The van der Waals surface area contributed by atoms with E-state index in [-0.39, 0.29) is 23.7 Å². The van der Waals surface area contributed by atoms with Crippen molar-refractivity contribution in [3.63, 3.8) is 0 Å². The molecule has 1 heterocycles. The lowest BCUT2D eigenvalue weighted by molar-refractivity contribution is 0.0895. The number of ether oxygens (including phenoxy) is 1. The van der Waals surface area contributed by atoms with Crippen molar-refractivity contribution < 1.29 is 9.53 Å². The zero-order valence-electron chi connectivity index (χ0n) is 10.3. The number of carbonyl (C=O) groups is 1. The second-order valence-corrected chi connectivity index (χ2v) is 5.22. The van der Waals surface area contributed by atoms with Crippen LogP contribution in [0.2, 0.25) is 0 Å². The minimum absolute atomic E-state index is 0.0233. The molecule has 0 saturated carbocycles. The van der Waals surface area contributed by atoms with Crippen molar-refractivity contribution in [1.82, 2.24) is 10.2 Å². The van der Waals surface area contributed by atoms with Gasteiger partial charge in [-0.3, -0.25) is 0 Å². The third-order valence-electron chi connectivity index (χ3n) is 2.64. The lowest BCUT2D eigenvalue weighted by Crippen LogP contribution is -2.51. The lowest BCUT2D eigenvalue weighted by atomic mass is 10.1. The summed E-state index contributed by atoms with van der Waals surface area (Å²) in [5.74, 6) is 0. The number of hydrogen-bond acceptors (Lipinski definition) is 2. The molecule has 0 aromatic rings. The Kier molecular flexibility index (Phi) is 3.60. The molecule has 2 unspecified atom stereocenters. The first-order chi connectivity index (χ1) is 6.81. The molecule has 1 fully saturated rings. The van der Waals surface area contributed by atoms with Crippen molar-refractivity contribution in [3.8, 4) is 0 Å². The normalized spacial score (nSPS) is 26.5. The molecule has 2 atom stereocenters. The molecule has 0 radical (unpaired) electrons. The monoisotopic (exact) mass is 214 g/mol. The first-order valence-electron chi connectivity index (χ1n) is 5.48. The number of rotatable bonds is 1. The van der Waals surface area contributed by atoms with Gasteiger partial charge in [0.1, 0.15) is 0 Å². The smallest absolute Gasteiger partial charge is 0.317 e. The van der Waals surface area contributed by atoms with Crippen LogP contribution in [0.3, 0.4) is 0 Å². The van der Waals surface area contributed by atoms with Gasteiger partial charge in [0.25, 0.3) is 0 Å². The van der Waals surface area contributed by atoms with E-state index in [0.29, 0.717) is 0 Å². The Morgan fingerprint density at radius 2 is 2.07 bits per heavy atom. The Bertz CT molecular complexity index is 235. The summed E-state index contributed by atoms with van der Waals surface area (Å²) in [6, 6.07) is 0.178. The molecule has 1 rings (SSSR count). The summed E-state index contributed by atoms with van der Waals surface area (Å²) in [5, 5.41) is 2.95. The number of nitrogens with zero attached hydrogens (tertiary/aromatic N) is 1. The zero-order valence-corrected chi connectivity index (χ0v) is 10.3. The van der Waals surface area contributed by atoms with E-state index in [1.54, 1.807) is 4.90 Å². The van der Waals surface area contributed by atoms with Gasteiger partial charge in [-0.05, 0) is 34.1 Å². The zero-order chi connectivity index (χ0) is 11.6. The number of urea groups is 1. The van der Waals surface area contributed by atoms with Crippen LogP contribution in [0.25, 0.3) is 0 Å². The highest BCUT2D eigenvalue weighted by atomic mass is 16.5. The van der Waals surface area contributed by atoms with Crippen LogP contribution in [0.4, 0.5) is 4.79 Å². The third-order valence-corrected chi connectivity index (χ3v) is 2.64. The van der Waals surface area contributed by atoms with Gasteiger partial charge >= 0.3 is 6.03 Å². The molecule has 1 aliphatic heterocycles. The molecule has 1 aliphatic rings. The van der Waals surface area contributed by atoms with Gasteiger partial charge in [-0.2, -0.15) is 0 Å². The molecule has 0 spiro atoms. The van der Waals surface area contributed by atoms with E-state index in [1.165, 1.54) is 0 Å². The molecular weight excluding hydrogens is 192 g/mol. The molecule has 4 heteroatoms. The topological polar surface area (TPSA) is 41.6 Å². The van der Waals surface area contributed by atoms with Gasteiger partial charge in [0, 0.05) is 19.2 Å². The fourth-order valence-electron chi connectivity index (χ4n) is 1.79. The van der Waals surface area contributed by atoms with Crippen LogP contribution in [-0.2, 0) is 4.74 Å². The maximum atomic E-state index is 11.9. The quantitative estimate of drug-likeness (QED) is 0.720. The molecule has 0 bridgehead atoms. The highest BCUT2D eigenvalue weighted by Gasteiger charge is 2.31. The predicted molar refractivity (Wildman–Crippen MR) is 59.9 cm³/mol. The Hall–Kier alpha value is -0.770. The standard InChI is InChI=1S/C11H22N2O2/c1-8-9(6-7-15-8)13(5)10(14)12-11(2,3)4/h8-9H,6-7H2,1-5H3,(H,12,14). The van der Waals surface area contributed by atoms with Gasteiger partial charge in [-0.25, -0.2) is 4.79 Å². The van der Waals surface area contributed by atoms with Crippen molar-refractivity contribution in [2.45, 2.75) is 51.8 Å². The van der Waals surface area contributed by atoms with Gasteiger partial charge in [0.05, 0.1) is 12.1 Å². The summed E-state index contributed by atoms with van der Waals surface area (Å²) in [5.41, 5.74) is -0.186. The molecule has 1 N–H and O–H groups in total. The number of carbonyl (C=O) groups excluding carboxylic acids is 1. The number of amides is 2. The average Bonchev–Trinajstić information content (AvgIpc) is 2.47. The van der Waals surface area contributed by atoms with Gasteiger partial charge in [0.15, 0.2) is 0 Å². The Balaban J connectivity index is 2.52. The highest BCUT2D eigenvalue weighted by Crippen LogP contribution is 2.18. The number of nitrogens with one attached hydrogen (secondary N) is 1. The molecule has 2 amide bonds. The third kappa shape index (κ3) is 3.38. The highest BCUT2D eigenvalue weighted by molar-refractivity contribution is 5.75. The Labute approximate surface area is 92.0 Å². The van der Waals surface area contributed by atoms with Crippen LogP contribution in [0.5, 0.6) is 0 Å². The number of likely N-dealkylation sites (N-methyl/N-ethyl adjacent to an activating group) is 1. The summed E-state index contributed by atoms with van der Waals surface area (Å²) in [6.07, 6.45) is 1.07. The minimum atomic E-state index is -0.186. The molecular formula is C11H22N2O2. The van der Waals surface area contributed by atoms with E-state index in [4.69, 9.17) is 4.74 Å². The fourth-order valence-corrected chi connectivity index (χ4v) is 1.79. The van der Waals surface area contributed by atoms with Crippen LogP contribution in [-0.4, -0.2) is 42.3 Å². The van der Waals surface area contributed by atoms with Gasteiger partial charge < -0.3 is 15.0 Å². The van der Waals surface area contributed by atoms with Crippen LogP contribution in [0, 0.1) is 0 Å². The largest absolute Gasteiger partial charge is 0.376 e. The fraction of sp³-hybridized carbons (Fsp3) is 0.909. The second kappa shape index (κ2) is 4.39. The summed E-state index contributed by atoms with van der Waals surface area (Å²) in [4.78, 5) is 13.6. The molecule has 88 valence electrons. The summed E-state index contributed by atoms with van der Waals surface area (Å²) in [6.45, 7) is 8.70. The van der Waals surface area contributed by atoms with Gasteiger partial charge in [-0.1, -0.05) is 0 Å². The maximum absolute atomic E-state index is 11.9. The molecule has 1 saturated heterocycles. The minimum Gasteiger partial charge on any atom is -0.376 e. The van der Waals surface area contributed by atoms with E-state index in [0.717, 1.165) is 13.0 Å². The van der Waals surface area contributed by atoms with E-state index in [1.807, 2.05) is 34.7 Å². The van der Waals surface area contributed by atoms with Gasteiger partial charge in [-0.15, -0.1) is 0 Å². The summed E-state index contributed by atoms with van der Waals surface area (Å²) in [7, 11) is 1.83. The van der Waals surface area contributed by atoms with Gasteiger partial charge in [0.2, 0.25) is 0 Å². The summed E-state index contributed by atoms with van der Waals surface area (Å²) >= 11 is 0. The molecule has 0 aromatic heterocycles. The van der Waals surface area contributed by atoms with Crippen molar-refractivity contribution in [2.24, 2.45) is 0 Å². The predicted octanol–water partition coefficient (Wildman–Crippen LogP) is 1.60. The van der Waals surface area contributed by atoms with Crippen LogP contribution in [0.1, 0.15) is 34.1 Å². The molecule has 0 aromatic carbocycles. The molecule has 4 nitrogen and oxygen atoms in total. The van der Waals surface area contributed by atoms with Crippen molar-refractivity contribution in [3.05, 3.63) is 0 Å². The lowest BCUT2D eigenvalue weighted by Gasteiger charge is -2.30. The Morgan fingerprint density at radius 3 is 2.47 bits per heavy atom. The maximum Gasteiger partial charge on any atom is 0.317 e. The first-order valence-corrected chi connectivity index (χ1v) is 5.48. The first kappa shape index (κ1) is 12.3. The van der Waals surface area contributed by atoms with Crippen molar-refractivity contribution in [1.29, 1.82) is 0 Å². The van der Waals surface area contributed by atoms with E-state index >= 15 is 0 Å². The Morgan fingerprint density at radius 1 is 1.47 bits per heavy atom. The molecule has 0 aliphatic carbocycles. The van der Waals surface area contributed by atoms with E-state index in [9.17, 15) is 4.79 Å². The van der Waals surface area contributed by atoms with Crippen LogP contribution in [0.15, 0.2) is 0 Å². The summed E-state index contributed by atoms with van der Waals surface area (Å²) < 4.78 is 5.45. The van der Waals surface area contributed by atoms with Crippen molar-refractivity contribution in [2.75, 3.05) is 13.7 Å². The van der Waals surface area contributed by atoms with Crippen LogP contribution < -0.4 is 5.32 Å². The second-order valence-electron chi connectivity index (χ2n) is 5.22. The average molecular weight is 214 g/mol. The van der Waals surface area contributed by atoms with Crippen molar-refractivity contribution >= 4 is 6.03 Å². The SMILES string of the molecule is CC1OCCC1N(C)C(=O)NC(C)(C)C.